The van der Waals surface area contributed by atoms with Gasteiger partial charge in [-0.15, -0.1) is 0 Å². The van der Waals surface area contributed by atoms with Crippen LogP contribution in [0.3, 0.4) is 0 Å². The maximum Gasteiger partial charge on any atom is 0.133 e. The van der Waals surface area contributed by atoms with Crippen LogP contribution in [-0.4, -0.2) is 13.2 Å². The van der Waals surface area contributed by atoms with Crippen LogP contribution in [0.4, 0.5) is 0 Å². The first kappa shape index (κ1) is 16.0. The zero-order chi connectivity index (χ0) is 14.1. The van der Waals surface area contributed by atoms with Crippen LogP contribution in [0, 0.1) is 17.2 Å². The molecule has 0 aliphatic rings. The molecule has 1 aromatic carbocycles. The van der Waals surface area contributed by atoms with Crippen LogP contribution >= 0.6 is 15.9 Å². The van der Waals surface area contributed by atoms with Crippen molar-refractivity contribution in [3.05, 3.63) is 28.2 Å². The summed E-state index contributed by atoms with van der Waals surface area (Å²) in [6.07, 6.45) is 1.30. The third kappa shape index (κ3) is 6.60. The molecule has 1 rings (SSSR count). The van der Waals surface area contributed by atoms with E-state index in [4.69, 9.17) is 10.00 Å². The Labute approximate surface area is 124 Å². The standard InChI is InChI=1S/C15H21BrN2O/c1-12(2)10-18-11-13-5-6-15(14(16)9-13)19-8-4-3-7-17/h5-6,9,12,18H,3-4,8,10-11H2,1-2H3. The number of ether oxygens (including phenoxy) is 1. The van der Waals surface area contributed by atoms with Crippen molar-refractivity contribution >= 4 is 15.9 Å². The van der Waals surface area contributed by atoms with E-state index in [9.17, 15) is 0 Å². The maximum absolute atomic E-state index is 8.45. The van der Waals surface area contributed by atoms with Gasteiger partial charge in [-0.3, -0.25) is 0 Å². The van der Waals surface area contributed by atoms with Crippen molar-refractivity contribution in [3.63, 3.8) is 0 Å². The van der Waals surface area contributed by atoms with Crippen molar-refractivity contribution in [1.82, 2.24) is 5.32 Å². The van der Waals surface area contributed by atoms with E-state index in [0.717, 1.165) is 29.7 Å². The lowest BCUT2D eigenvalue weighted by Crippen LogP contribution is -2.18. The molecule has 4 heteroatoms. The van der Waals surface area contributed by atoms with Gasteiger partial charge in [0.2, 0.25) is 0 Å². The minimum absolute atomic E-state index is 0.537. The Morgan fingerprint density at radius 3 is 2.84 bits per heavy atom. The molecule has 1 aromatic rings. The van der Waals surface area contributed by atoms with Crippen LogP contribution in [0.5, 0.6) is 5.75 Å². The summed E-state index contributed by atoms with van der Waals surface area (Å²) in [5.74, 6) is 1.50. The molecule has 0 aliphatic heterocycles. The molecule has 0 aliphatic carbocycles. The van der Waals surface area contributed by atoms with Gasteiger partial charge in [-0.25, -0.2) is 0 Å². The molecule has 0 amide bonds. The van der Waals surface area contributed by atoms with Crippen LogP contribution < -0.4 is 10.1 Å². The molecule has 0 fully saturated rings. The predicted molar refractivity (Wildman–Crippen MR) is 81.0 cm³/mol. The van der Waals surface area contributed by atoms with Crippen LogP contribution in [0.15, 0.2) is 22.7 Å². The Bertz CT molecular complexity index is 427. The normalized spacial score (nSPS) is 10.5. The van der Waals surface area contributed by atoms with E-state index in [0.29, 0.717) is 18.9 Å². The molecule has 19 heavy (non-hydrogen) atoms. The Morgan fingerprint density at radius 1 is 1.42 bits per heavy atom. The Morgan fingerprint density at radius 2 is 2.21 bits per heavy atom. The van der Waals surface area contributed by atoms with Crippen LogP contribution in [-0.2, 0) is 6.54 Å². The van der Waals surface area contributed by atoms with Crippen molar-refractivity contribution in [1.29, 1.82) is 5.26 Å². The van der Waals surface area contributed by atoms with Crippen molar-refractivity contribution in [3.8, 4) is 11.8 Å². The van der Waals surface area contributed by atoms with Crippen LogP contribution in [0.2, 0.25) is 0 Å². The molecular formula is C15H21BrN2O. The number of nitriles is 1. The van der Waals surface area contributed by atoms with Gasteiger partial charge in [0.25, 0.3) is 0 Å². The summed E-state index contributed by atoms with van der Waals surface area (Å²) in [6.45, 7) is 6.86. The number of halogens is 1. The fourth-order valence-corrected chi connectivity index (χ4v) is 2.15. The Kier molecular flexibility index (Phi) is 7.54. The second-order valence-corrected chi connectivity index (χ2v) is 5.75. The van der Waals surface area contributed by atoms with Crippen molar-refractivity contribution in [2.24, 2.45) is 5.92 Å². The van der Waals surface area contributed by atoms with Gasteiger partial charge >= 0.3 is 0 Å². The van der Waals surface area contributed by atoms with Gasteiger partial charge in [-0.1, -0.05) is 19.9 Å². The van der Waals surface area contributed by atoms with E-state index in [1.165, 1.54) is 5.56 Å². The second kappa shape index (κ2) is 8.95. The Hall–Kier alpha value is -1.05. The van der Waals surface area contributed by atoms with Gasteiger partial charge in [-0.2, -0.15) is 5.26 Å². The van der Waals surface area contributed by atoms with Gasteiger partial charge in [0.05, 0.1) is 17.1 Å². The minimum Gasteiger partial charge on any atom is -0.492 e. The van der Waals surface area contributed by atoms with Gasteiger partial charge in [-0.05, 0) is 52.5 Å². The highest BCUT2D eigenvalue weighted by molar-refractivity contribution is 9.10. The number of nitrogens with zero attached hydrogens (tertiary/aromatic N) is 1. The van der Waals surface area contributed by atoms with Gasteiger partial charge < -0.3 is 10.1 Å². The molecule has 0 bridgehead atoms. The lowest BCUT2D eigenvalue weighted by molar-refractivity contribution is 0.310. The molecule has 104 valence electrons. The molecule has 0 unspecified atom stereocenters. The third-order valence-electron chi connectivity index (χ3n) is 2.57. The molecule has 0 radical (unpaired) electrons. The first-order chi connectivity index (χ1) is 9.13. The third-order valence-corrected chi connectivity index (χ3v) is 3.19. The maximum atomic E-state index is 8.45. The van der Waals surface area contributed by atoms with E-state index in [2.05, 4.69) is 53.3 Å². The SMILES string of the molecule is CC(C)CNCc1ccc(OCCCC#N)c(Br)c1. The van der Waals surface area contributed by atoms with Gasteiger partial charge in [0.1, 0.15) is 5.75 Å². The largest absolute Gasteiger partial charge is 0.492 e. The first-order valence-corrected chi connectivity index (χ1v) is 7.41. The monoisotopic (exact) mass is 324 g/mol. The van der Waals surface area contributed by atoms with E-state index >= 15 is 0 Å². The van der Waals surface area contributed by atoms with Gasteiger partial charge in [0, 0.05) is 13.0 Å². The van der Waals surface area contributed by atoms with Crippen LogP contribution in [0.1, 0.15) is 32.3 Å². The Balaban J connectivity index is 2.43. The quantitative estimate of drug-likeness (QED) is 0.738. The summed E-state index contributed by atoms with van der Waals surface area (Å²) in [6, 6.07) is 8.23. The number of hydrogen-bond acceptors (Lipinski definition) is 3. The summed E-state index contributed by atoms with van der Waals surface area (Å²) in [4.78, 5) is 0. The lowest BCUT2D eigenvalue weighted by atomic mass is 10.2. The second-order valence-electron chi connectivity index (χ2n) is 4.90. The molecule has 0 spiro atoms. The molecular weight excluding hydrogens is 304 g/mol. The summed E-state index contributed by atoms with van der Waals surface area (Å²) in [5, 5.41) is 11.9. The first-order valence-electron chi connectivity index (χ1n) is 6.62. The number of hydrogen-bond donors (Lipinski definition) is 1. The average Bonchev–Trinajstić information content (AvgIpc) is 2.36. The minimum atomic E-state index is 0.537. The highest BCUT2D eigenvalue weighted by Gasteiger charge is 2.03. The summed E-state index contributed by atoms with van der Waals surface area (Å²) < 4.78 is 6.58. The topological polar surface area (TPSA) is 45.0 Å². The molecule has 0 aromatic heterocycles. The fraction of sp³-hybridized carbons (Fsp3) is 0.533. The van der Waals surface area contributed by atoms with Crippen molar-refractivity contribution in [2.45, 2.75) is 33.2 Å². The number of rotatable bonds is 8. The predicted octanol–water partition coefficient (Wildman–Crippen LogP) is 3.88. The summed E-state index contributed by atoms with van der Waals surface area (Å²) in [5.41, 5.74) is 1.23. The number of benzene rings is 1. The van der Waals surface area contributed by atoms with E-state index in [1.54, 1.807) is 0 Å². The van der Waals surface area contributed by atoms with E-state index in [1.807, 2.05) is 6.07 Å². The molecule has 0 saturated heterocycles. The molecule has 3 nitrogen and oxygen atoms in total. The van der Waals surface area contributed by atoms with Crippen LogP contribution in [0.25, 0.3) is 0 Å². The zero-order valence-electron chi connectivity index (χ0n) is 11.6. The van der Waals surface area contributed by atoms with Crippen molar-refractivity contribution < 1.29 is 4.74 Å². The van der Waals surface area contributed by atoms with E-state index in [-0.39, 0.29) is 0 Å². The molecule has 0 heterocycles. The van der Waals surface area contributed by atoms with E-state index < -0.39 is 0 Å². The molecule has 1 N–H and O–H groups in total. The van der Waals surface area contributed by atoms with Gasteiger partial charge in [0.15, 0.2) is 0 Å². The molecule has 0 atom stereocenters. The fourth-order valence-electron chi connectivity index (χ4n) is 1.61. The summed E-state index contributed by atoms with van der Waals surface area (Å²) >= 11 is 3.52. The number of unbranched alkanes of at least 4 members (excludes halogenated alkanes) is 1. The highest BCUT2D eigenvalue weighted by atomic mass is 79.9. The zero-order valence-corrected chi connectivity index (χ0v) is 13.2. The van der Waals surface area contributed by atoms with Crippen molar-refractivity contribution in [2.75, 3.05) is 13.2 Å². The summed E-state index contributed by atoms with van der Waals surface area (Å²) in [7, 11) is 0. The smallest absolute Gasteiger partial charge is 0.133 e. The lowest BCUT2D eigenvalue weighted by Gasteiger charge is -2.11. The average molecular weight is 325 g/mol. The molecule has 0 saturated carbocycles. The number of nitrogens with one attached hydrogen (secondary N) is 1. The highest BCUT2D eigenvalue weighted by Crippen LogP contribution is 2.26.